The number of nitrogens with two attached hydrogens (primary N) is 1. The standard InChI is InChI=1S/C17H14F3N3O/c1-2-14(21)16-22-15-12(4-3-5-13(15)20)17(24)23(16)11-7-9(18)6-10(19)8-11/h3-8,14H,2,21H2,1H3/t14-/m0/s1. The van der Waals surface area contributed by atoms with Crippen molar-refractivity contribution in [2.24, 2.45) is 5.73 Å². The summed E-state index contributed by atoms with van der Waals surface area (Å²) in [6.45, 7) is 1.76. The molecule has 4 nitrogen and oxygen atoms in total. The van der Waals surface area contributed by atoms with Crippen molar-refractivity contribution < 1.29 is 13.2 Å². The van der Waals surface area contributed by atoms with Crippen LogP contribution in [0.15, 0.2) is 41.2 Å². The third-order valence-electron chi connectivity index (χ3n) is 3.75. The first kappa shape index (κ1) is 16.2. The fourth-order valence-corrected chi connectivity index (χ4v) is 2.54. The van der Waals surface area contributed by atoms with Crippen molar-refractivity contribution >= 4 is 10.9 Å². The Morgan fingerprint density at radius 2 is 1.83 bits per heavy atom. The van der Waals surface area contributed by atoms with E-state index in [-0.39, 0.29) is 22.4 Å². The van der Waals surface area contributed by atoms with Crippen molar-refractivity contribution in [3.8, 4) is 5.69 Å². The van der Waals surface area contributed by atoms with E-state index in [0.717, 1.165) is 16.7 Å². The summed E-state index contributed by atoms with van der Waals surface area (Å²) in [4.78, 5) is 17.0. The Balaban J connectivity index is 2.45. The Hall–Kier alpha value is -2.67. The van der Waals surface area contributed by atoms with Crippen LogP contribution in [0.2, 0.25) is 0 Å². The van der Waals surface area contributed by atoms with Crippen LogP contribution in [0, 0.1) is 17.5 Å². The predicted octanol–water partition coefficient (Wildman–Crippen LogP) is 3.21. The van der Waals surface area contributed by atoms with Gasteiger partial charge in [-0.25, -0.2) is 18.2 Å². The van der Waals surface area contributed by atoms with Crippen LogP contribution in [-0.4, -0.2) is 9.55 Å². The summed E-state index contributed by atoms with van der Waals surface area (Å²) in [7, 11) is 0. The zero-order chi connectivity index (χ0) is 17.4. The van der Waals surface area contributed by atoms with Gasteiger partial charge in [0.15, 0.2) is 0 Å². The van der Waals surface area contributed by atoms with Gasteiger partial charge >= 0.3 is 0 Å². The minimum absolute atomic E-state index is 0.00622. The molecule has 0 aliphatic rings. The van der Waals surface area contributed by atoms with E-state index in [2.05, 4.69) is 4.98 Å². The molecule has 7 heteroatoms. The molecular weight excluding hydrogens is 319 g/mol. The van der Waals surface area contributed by atoms with Gasteiger partial charge in [0, 0.05) is 6.07 Å². The van der Waals surface area contributed by atoms with Gasteiger partial charge in [0.1, 0.15) is 28.8 Å². The number of halogens is 3. The monoisotopic (exact) mass is 333 g/mol. The predicted molar refractivity (Wildman–Crippen MR) is 84.4 cm³/mol. The van der Waals surface area contributed by atoms with Crippen LogP contribution in [0.25, 0.3) is 16.6 Å². The quantitative estimate of drug-likeness (QED) is 0.800. The molecule has 0 bridgehead atoms. The van der Waals surface area contributed by atoms with E-state index in [1.165, 1.54) is 18.2 Å². The van der Waals surface area contributed by atoms with Crippen LogP contribution < -0.4 is 11.3 Å². The average Bonchev–Trinajstić information content (AvgIpc) is 2.53. The summed E-state index contributed by atoms with van der Waals surface area (Å²) >= 11 is 0. The zero-order valence-electron chi connectivity index (χ0n) is 12.8. The fraction of sp³-hybridized carbons (Fsp3) is 0.176. The SMILES string of the molecule is CC[C@H](N)c1nc2c(F)cccc2c(=O)n1-c1cc(F)cc(F)c1. The fourth-order valence-electron chi connectivity index (χ4n) is 2.54. The minimum Gasteiger partial charge on any atom is -0.321 e. The summed E-state index contributed by atoms with van der Waals surface area (Å²) in [5.74, 6) is -2.30. The molecule has 1 heterocycles. The van der Waals surface area contributed by atoms with Crippen LogP contribution >= 0.6 is 0 Å². The largest absolute Gasteiger partial charge is 0.321 e. The first-order chi connectivity index (χ1) is 11.4. The normalized spacial score (nSPS) is 12.5. The lowest BCUT2D eigenvalue weighted by atomic mass is 10.1. The molecule has 24 heavy (non-hydrogen) atoms. The number of hydrogen-bond donors (Lipinski definition) is 1. The molecule has 0 saturated heterocycles. The van der Waals surface area contributed by atoms with Gasteiger partial charge in [0.25, 0.3) is 5.56 Å². The molecule has 3 aromatic rings. The van der Waals surface area contributed by atoms with Crippen molar-refractivity contribution in [1.29, 1.82) is 0 Å². The lowest BCUT2D eigenvalue weighted by Crippen LogP contribution is -2.28. The average molecular weight is 333 g/mol. The minimum atomic E-state index is -0.841. The molecule has 0 radical (unpaired) electrons. The van der Waals surface area contributed by atoms with Gasteiger partial charge in [-0.2, -0.15) is 0 Å². The molecule has 0 aliphatic heterocycles. The van der Waals surface area contributed by atoms with E-state index >= 15 is 0 Å². The third kappa shape index (κ3) is 2.67. The molecule has 2 N–H and O–H groups in total. The van der Waals surface area contributed by atoms with Gasteiger partial charge in [-0.1, -0.05) is 13.0 Å². The topological polar surface area (TPSA) is 60.9 Å². The number of rotatable bonds is 3. The Morgan fingerprint density at radius 3 is 2.46 bits per heavy atom. The maximum atomic E-state index is 14.0. The highest BCUT2D eigenvalue weighted by molar-refractivity contribution is 5.78. The second kappa shape index (κ2) is 6.09. The number of fused-ring (bicyclic) bond motifs is 1. The molecule has 0 aliphatic carbocycles. The van der Waals surface area contributed by atoms with E-state index < -0.39 is 29.1 Å². The van der Waals surface area contributed by atoms with Crippen molar-refractivity contribution in [1.82, 2.24) is 9.55 Å². The summed E-state index contributed by atoms with van der Waals surface area (Å²) in [5.41, 5.74) is 5.19. The van der Waals surface area contributed by atoms with Gasteiger partial charge in [0.05, 0.1) is 17.1 Å². The zero-order valence-corrected chi connectivity index (χ0v) is 12.8. The Morgan fingerprint density at radius 1 is 1.17 bits per heavy atom. The smallest absolute Gasteiger partial charge is 0.266 e. The van der Waals surface area contributed by atoms with Crippen LogP contribution in [0.1, 0.15) is 25.2 Å². The summed E-state index contributed by atoms with van der Waals surface area (Å²) in [6.07, 6.45) is 0.407. The highest BCUT2D eigenvalue weighted by atomic mass is 19.1. The maximum Gasteiger partial charge on any atom is 0.266 e. The molecule has 1 atom stereocenters. The molecule has 0 unspecified atom stereocenters. The Kier molecular flexibility index (Phi) is 4.11. The Bertz CT molecular complexity index is 964. The van der Waals surface area contributed by atoms with Gasteiger partial charge in [-0.15, -0.1) is 0 Å². The second-order valence-electron chi connectivity index (χ2n) is 5.39. The van der Waals surface area contributed by atoms with E-state index in [1.54, 1.807) is 6.92 Å². The molecule has 0 amide bonds. The van der Waals surface area contributed by atoms with Gasteiger partial charge in [-0.3, -0.25) is 9.36 Å². The lowest BCUT2D eigenvalue weighted by molar-refractivity contribution is 0.575. The molecule has 0 fully saturated rings. The molecular formula is C17H14F3N3O. The van der Waals surface area contributed by atoms with E-state index in [4.69, 9.17) is 5.73 Å². The van der Waals surface area contributed by atoms with Gasteiger partial charge in [-0.05, 0) is 30.7 Å². The molecule has 1 aromatic heterocycles. The number of aromatic nitrogens is 2. The highest BCUT2D eigenvalue weighted by Gasteiger charge is 2.19. The van der Waals surface area contributed by atoms with Crippen molar-refractivity contribution in [2.45, 2.75) is 19.4 Å². The molecule has 124 valence electrons. The van der Waals surface area contributed by atoms with Crippen molar-refractivity contribution in [2.75, 3.05) is 0 Å². The van der Waals surface area contributed by atoms with E-state index in [9.17, 15) is 18.0 Å². The van der Waals surface area contributed by atoms with Gasteiger partial charge in [0.2, 0.25) is 0 Å². The number of para-hydroxylation sites is 1. The number of nitrogens with zero attached hydrogens (tertiary/aromatic N) is 2. The van der Waals surface area contributed by atoms with E-state index in [1.807, 2.05) is 0 Å². The third-order valence-corrected chi connectivity index (χ3v) is 3.75. The summed E-state index contributed by atoms with van der Waals surface area (Å²) in [5, 5.41) is 0.00622. The lowest BCUT2D eigenvalue weighted by Gasteiger charge is -2.17. The van der Waals surface area contributed by atoms with E-state index in [0.29, 0.717) is 12.5 Å². The van der Waals surface area contributed by atoms with Crippen LogP contribution in [0.3, 0.4) is 0 Å². The summed E-state index contributed by atoms with van der Waals surface area (Å²) < 4.78 is 42.2. The van der Waals surface area contributed by atoms with Crippen LogP contribution in [0.5, 0.6) is 0 Å². The van der Waals surface area contributed by atoms with Crippen LogP contribution in [-0.2, 0) is 0 Å². The van der Waals surface area contributed by atoms with Crippen molar-refractivity contribution in [3.63, 3.8) is 0 Å². The first-order valence-corrected chi connectivity index (χ1v) is 7.35. The molecule has 2 aromatic carbocycles. The first-order valence-electron chi connectivity index (χ1n) is 7.35. The highest BCUT2D eigenvalue weighted by Crippen LogP contribution is 2.21. The van der Waals surface area contributed by atoms with Gasteiger partial charge < -0.3 is 5.73 Å². The van der Waals surface area contributed by atoms with Crippen molar-refractivity contribution in [3.05, 3.63) is 70.0 Å². The summed E-state index contributed by atoms with van der Waals surface area (Å²) in [6, 6.07) is 5.96. The Labute approximate surface area is 135 Å². The molecule has 3 rings (SSSR count). The molecule has 0 spiro atoms. The molecule has 0 saturated carbocycles. The maximum absolute atomic E-state index is 14.0. The second-order valence-corrected chi connectivity index (χ2v) is 5.39. The van der Waals surface area contributed by atoms with Crippen LogP contribution in [0.4, 0.5) is 13.2 Å². The number of benzene rings is 2. The number of hydrogen-bond acceptors (Lipinski definition) is 3.